The molecule has 0 N–H and O–H groups in total. The average Bonchev–Trinajstić information content (AvgIpc) is 2.98. The third kappa shape index (κ3) is 2.18. The summed E-state index contributed by atoms with van der Waals surface area (Å²) in [6.45, 7) is 1.53. The predicted octanol–water partition coefficient (Wildman–Crippen LogP) is 3.45. The Labute approximate surface area is 184 Å². The van der Waals surface area contributed by atoms with Crippen LogP contribution in [0, 0.1) is 11.8 Å². The number of alkyl halides is 2. The molecule has 0 aromatic heterocycles. The van der Waals surface area contributed by atoms with E-state index in [2.05, 4.69) is 31.9 Å². The van der Waals surface area contributed by atoms with Crippen LogP contribution in [0.15, 0.2) is 48.5 Å². The Morgan fingerprint density at radius 3 is 1.62 bits per heavy atom. The molecular formula is C22H17Br2NO4. The standard InChI is InChI=1S/C22H17Br2NO4/c1-2-29-16(26)11-25-19(27)17-18(20(25)28)22(24)13-8-4-3-7-12(13)21(17,23)14-9-5-6-10-15(14)22/h3-10,17-18H,2,11H2,1H3. The lowest BCUT2D eigenvalue weighted by atomic mass is 9.54. The molecule has 1 fully saturated rings. The number of carbonyl (C=O) groups is 3. The highest BCUT2D eigenvalue weighted by Crippen LogP contribution is 2.70. The monoisotopic (exact) mass is 517 g/mol. The van der Waals surface area contributed by atoms with E-state index >= 15 is 0 Å². The average molecular weight is 519 g/mol. The number of ether oxygens (including phenoxy) is 1. The number of hydrogen-bond donors (Lipinski definition) is 0. The summed E-state index contributed by atoms with van der Waals surface area (Å²) in [5, 5.41) is 0. The molecule has 4 aliphatic rings. The van der Waals surface area contributed by atoms with E-state index in [1.165, 1.54) is 0 Å². The summed E-state index contributed by atoms with van der Waals surface area (Å²) in [6.07, 6.45) is 0. The molecular weight excluding hydrogens is 502 g/mol. The van der Waals surface area contributed by atoms with Gasteiger partial charge in [0.2, 0.25) is 11.8 Å². The Kier molecular flexibility index (Phi) is 4.10. The summed E-state index contributed by atoms with van der Waals surface area (Å²) in [7, 11) is 0. The number of esters is 1. The SMILES string of the molecule is CCOC(=O)CN1C(=O)C2C(C1=O)C1(Br)c3ccccc3C2(Br)c2ccccc21. The van der Waals surface area contributed by atoms with Crippen LogP contribution in [0.5, 0.6) is 0 Å². The van der Waals surface area contributed by atoms with Crippen LogP contribution in [-0.4, -0.2) is 35.8 Å². The van der Waals surface area contributed by atoms with Gasteiger partial charge in [0, 0.05) is 0 Å². The maximum atomic E-state index is 13.5. The van der Waals surface area contributed by atoms with E-state index in [0.29, 0.717) is 0 Å². The van der Waals surface area contributed by atoms with E-state index in [1.807, 2.05) is 48.5 Å². The molecule has 1 heterocycles. The summed E-state index contributed by atoms with van der Waals surface area (Å²) in [5.41, 5.74) is 3.87. The van der Waals surface area contributed by atoms with Gasteiger partial charge < -0.3 is 4.74 Å². The molecule has 2 amide bonds. The van der Waals surface area contributed by atoms with Gasteiger partial charge in [-0.1, -0.05) is 80.4 Å². The van der Waals surface area contributed by atoms with E-state index in [9.17, 15) is 14.4 Å². The summed E-state index contributed by atoms with van der Waals surface area (Å²) in [6, 6.07) is 15.7. The molecule has 6 rings (SSSR count). The lowest BCUT2D eigenvalue weighted by molar-refractivity contribution is -0.152. The maximum absolute atomic E-state index is 13.5. The third-order valence-corrected chi connectivity index (χ3v) is 8.96. The van der Waals surface area contributed by atoms with Crippen molar-refractivity contribution in [1.82, 2.24) is 4.90 Å². The molecule has 0 radical (unpaired) electrons. The van der Waals surface area contributed by atoms with E-state index < -0.39 is 26.5 Å². The van der Waals surface area contributed by atoms with Crippen LogP contribution in [0.3, 0.4) is 0 Å². The van der Waals surface area contributed by atoms with Gasteiger partial charge in [-0.15, -0.1) is 0 Å². The number of carbonyl (C=O) groups excluding carboxylic acids is 3. The topological polar surface area (TPSA) is 63.7 Å². The van der Waals surface area contributed by atoms with E-state index in [0.717, 1.165) is 27.2 Å². The zero-order chi connectivity index (χ0) is 20.6. The van der Waals surface area contributed by atoms with Gasteiger partial charge in [0.15, 0.2) is 0 Å². The van der Waals surface area contributed by atoms with Crippen molar-refractivity contribution in [1.29, 1.82) is 0 Å². The van der Waals surface area contributed by atoms with Crippen molar-refractivity contribution in [2.24, 2.45) is 11.8 Å². The second-order valence-electron chi connectivity index (χ2n) is 7.54. The second kappa shape index (κ2) is 6.25. The van der Waals surface area contributed by atoms with Gasteiger partial charge in [-0.2, -0.15) is 0 Å². The van der Waals surface area contributed by atoms with Crippen LogP contribution in [0.25, 0.3) is 0 Å². The molecule has 148 valence electrons. The first-order valence-electron chi connectivity index (χ1n) is 9.45. The molecule has 5 nitrogen and oxygen atoms in total. The zero-order valence-electron chi connectivity index (χ0n) is 15.5. The Bertz CT molecular complexity index is 960. The first-order chi connectivity index (χ1) is 13.9. The van der Waals surface area contributed by atoms with Gasteiger partial charge in [-0.25, -0.2) is 0 Å². The number of benzene rings is 2. The molecule has 1 saturated heterocycles. The van der Waals surface area contributed by atoms with Crippen molar-refractivity contribution in [3.8, 4) is 0 Å². The van der Waals surface area contributed by atoms with Crippen LogP contribution >= 0.6 is 31.9 Å². The Morgan fingerprint density at radius 2 is 1.28 bits per heavy atom. The van der Waals surface area contributed by atoms with Crippen molar-refractivity contribution < 1.29 is 19.1 Å². The molecule has 2 aromatic carbocycles. The number of rotatable bonds is 3. The molecule has 29 heavy (non-hydrogen) atoms. The quantitative estimate of drug-likeness (QED) is 0.354. The Hall–Kier alpha value is -1.99. The molecule has 3 aliphatic carbocycles. The van der Waals surface area contributed by atoms with Gasteiger partial charge >= 0.3 is 5.97 Å². The third-order valence-electron chi connectivity index (χ3n) is 6.27. The number of imide groups is 1. The Morgan fingerprint density at radius 1 is 0.897 bits per heavy atom. The first-order valence-corrected chi connectivity index (χ1v) is 11.0. The molecule has 2 aromatic rings. The van der Waals surface area contributed by atoms with E-state index in [4.69, 9.17) is 4.74 Å². The summed E-state index contributed by atoms with van der Waals surface area (Å²) < 4.78 is 3.32. The number of amides is 2. The largest absolute Gasteiger partial charge is 0.465 e. The van der Waals surface area contributed by atoms with Gasteiger partial charge in [0.1, 0.15) is 6.54 Å². The fourth-order valence-corrected chi connectivity index (χ4v) is 7.52. The highest BCUT2D eigenvalue weighted by Gasteiger charge is 2.72. The minimum absolute atomic E-state index is 0.198. The van der Waals surface area contributed by atoms with Gasteiger partial charge in [-0.05, 0) is 29.2 Å². The maximum Gasteiger partial charge on any atom is 0.326 e. The molecule has 0 spiro atoms. The van der Waals surface area contributed by atoms with Gasteiger partial charge in [-0.3, -0.25) is 19.3 Å². The molecule has 1 aliphatic heterocycles. The number of nitrogens with zero attached hydrogens (tertiary/aromatic N) is 1. The van der Waals surface area contributed by atoms with Crippen molar-refractivity contribution in [2.45, 2.75) is 15.6 Å². The van der Waals surface area contributed by atoms with Crippen molar-refractivity contribution in [2.75, 3.05) is 13.2 Å². The molecule has 0 saturated carbocycles. The van der Waals surface area contributed by atoms with Crippen LogP contribution < -0.4 is 0 Å². The van der Waals surface area contributed by atoms with Crippen molar-refractivity contribution >= 4 is 49.6 Å². The minimum atomic E-state index is -0.837. The molecule has 2 bridgehead atoms. The van der Waals surface area contributed by atoms with E-state index in [-0.39, 0.29) is 25.0 Å². The van der Waals surface area contributed by atoms with Crippen LogP contribution in [0.1, 0.15) is 29.2 Å². The van der Waals surface area contributed by atoms with Crippen LogP contribution in [-0.2, 0) is 27.8 Å². The highest BCUT2D eigenvalue weighted by atomic mass is 79.9. The van der Waals surface area contributed by atoms with Crippen LogP contribution in [0.4, 0.5) is 0 Å². The van der Waals surface area contributed by atoms with Gasteiger partial charge in [0.25, 0.3) is 0 Å². The van der Waals surface area contributed by atoms with Crippen molar-refractivity contribution in [3.05, 3.63) is 70.8 Å². The predicted molar refractivity (Wildman–Crippen MR) is 113 cm³/mol. The van der Waals surface area contributed by atoms with Crippen LogP contribution in [0.2, 0.25) is 0 Å². The molecule has 2 unspecified atom stereocenters. The summed E-state index contributed by atoms with van der Waals surface area (Å²) in [5.74, 6) is -2.60. The van der Waals surface area contributed by atoms with E-state index in [1.54, 1.807) is 6.92 Å². The number of hydrogen-bond acceptors (Lipinski definition) is 4. The normalized spacial score (nSPS) is 31.3. The Balaban J connectivity index is 1.75. The molecule has 2 atom stereocenters. The summed E-state index contributed by atoms with van der Waals surface area (Å²) in [4.78, 5) is 40.1. The molecule has 7 heteroatoms. The number of likely N-dealkylation sites (tertiary alicyclic amines) is 1. The fourth-order valence-electron chi connectivity index (χ4n) is 5.22. The highest BCUT2D eigenvalue weighted by molar-refractivity contribution is 9.10. The zero-order valence-corrected chi connectivity index (χ0v) is 18.7. The lowest BCUT2D eigenvalue weighted by Crippen LogP contribution is -2.56. The van der Waals surface area contributed by atoms with Gasteiger partial charge in [0.05, 0.1) is 27.1 Å². The fraction of sp³-hybridized carbons (Fsp3) is 0.318. The summed E-state index contributed by atoms with van der Waals surface area (Å²) >= 11 is 7.83. The first kappa shape index (κ1) is 19.0. The van der Waals surface area contributed by atoms with Crippen molar-refractivity contribution in [3.63, 3.8) is 0 Å². The minimum Gasteiger partial charge on any atom is -0.465 e. The second-order valence-corrected chi connectivity index (χ2v) is 10.0. The number of halogens is 2. The smallest absolute Gasteiger partial charge is 0.326 e. The lowest BCUT2D eigenvalue weighted by Gasteiger charge is -2.55.